The van der Waals surface area contributed by atoms with E-state index in [1.807, 2.05) is 12.1 Å². The lowest BCUT2D eigenvalue weighted by atomic mass is 10.2. The van der Waals surface area contributed by atoms with Gasteiger partial charge < -0.3 is 21.3 Å². The van der Waals surface area contributed by atoms with Crippen molar-refractivity contribution >= 4 is 46.8 Å². The lowest BCUT2D eigenvalue weighted by Crippen LogP contribution is -2.27. The van der Waals surface area contributed by atoms with E-state index >= 15 is 0 Å². The lowest BCUT2D eigenvalue weighted by molar-refractivity contribution is -0.384. The minimum atomic E-state index is -0.488. The number of carbonyl (C=O) groups excluding carboxylic acids is 2. The zero-order valence-corrected chi connectivity index (χ0v) is 20.8. The van der Waals surface area contributed by atoms with E-state index in [4.69, 9.17) is 11.6 Å². The third-order valence-electron chi connectivity index (χ3n) is 4.87. The molecule has 0 spiro atoms. The van der Waals surface area contributed by atoms with Gasteiger partial charge in [-0.2, -0.15) is 0 Å². The Morgan fingerprint density at radius 2 is 1.59 bits per heavy atom. The molecule has 0 atom stereocenters. The van der Waals surface area contributed by atoms with Gasteiger partial charge in [0, 0.05) is 68.0 Å². The lowest BCUT2D eigenvalue weighted by Gasteiger charge is -2.12. The van der Waals surface area contributed by atoms with Crippen LogP contribution in [-0.4, -0.2) is 52.9 Å². The topological polar surface area (TPSA) is 151 Å². The summed E-state index contributed by atoms with van der Waals surface area (Å²) in [5, 5.41) is 23.3. The first kappa shape index (κ1) is 27.1. The van der Waals surface area contributed by atoms with Crippen LogP contribution in [0.3, 0.4) is 0 Å². The minimum absolute atomic E-state index is 0.0430. The van der Waals surface area contributed by atoms with Crippen molar-refractivity contribution < 1.29 is 14.5 Å². The first-order valence-electron chi connectivity index (χ1n) is 11.4. The third-order valence-corrected chi connectivity index (χ3v) is 5.12. The summed E-state index contributed by atoms with van der Waals surface area (Å²) in [6, 6.07) is 14.9. The highest BCUT2D eigenvalue weighted by Gasteiger charge is 2.08. The minimum Gasteiger partial charge on any atom is -0.368 e. The number of carbonyl (C=O) groups is 2. The fourth-order valence-corrected chi connectivity index (χ4v) is 3.26. The maximum absolute atomic E-state index is 12.1. The van der Waals surface area contributed by atoms with Gasteiger partial charge in [-0.25, -0.2) is 9.97 Å². The van der Waals surface area contributed by atoms with Gasteiger partial charge in [-0.05, 0) is 35.9 Å². The van der Waals surface area contributed by atoms with E-state index in [1.54, 1.807) is 30.3 Å². The molecule has 3 aromatic rings. The van der Waals surface area contributed by atoms with Crippen LogP contribution in [0.2, 0.25) is 5.02 Å². The molecule has 2 amide bonds. The van der Waals surface area contributed by atoms with E-state index in [-0.39, 0.29) is 17.5 Å². The molecule has 1 heterocycles. The highest BCUT2D eigenvalue weighted by molar-refractivity contribution is 6.30. The van der Waals surface area contributed by atoms with E-state index in [1.165, 1.54) is 31.2 Å². The molecule has 12 heteroatoms. The number of nitro benzene ring substituents is 1. The van der Waals surface area contributed by atoms with Crippen molar-refractivity contribution in [1.82, 2.24) is 20.6 Å². The molecule has 0 aliphatic heterocycles. The van der Waals surface area contributed by atoms with Crippen molar-refractivity contribution in [2.75, 3.05) is 36.8 Å². The van der Waals surface area contributed by atoms with E-state index < -0.39 is 4.92 Å². The molecule has 37 heavy (non-hydrogen) atoms. The Morgan fingerprint density at radius 1 is 0.946 bits per heavy atom. The summed E-state index contributed by atoms with van der Waals surface area (Å²) in [4.78, 5) is 42.7. The van der Waals surface area contributed by atoms with Crippen LogP contribution in [-0.2, 0) is 9.59 Å². The van der Waals surface area contributed by atoms with Gasteiger partial charge in [0.05, 0.1) is 4.92 Å². The fourth-order valence-electron chi connectivity index (χ4n) is 3.13. The molecule has 0 radical (unpaired) electrons. The molecule has 2 aromatic carbocycles. The smallest absolute Gasteiger partial charge is 0.270 e. The molecule has 0 saturated carbocycles. The van der Waals surface area contributed by atoms with Crippen molar-refractivity contribution in [3.63, 3.8) is 0 Å². The van der Waals surface area contributed by atoms with Gasteiger partial charge in [-0.1, -0.05) is 23.7 Å². The van der Waals surface area contributed by atoms with Crippen LogP contribution in [0, 0.1) is 10.1 Å². The molecule has 3 rings (SSSR count). The number of halogens is 1. The summed E-state index contributed by atoms with van der Waals surface area (Å²) >= 11 is 5.99. The Hall–Kier alpha value is -4.51. The summed E-state index contributed by atoms with van der Waals surface area (Å²) in [6.07, 6.45) is 2.83. The van der Waals surface area contributed by atoms with Crippen LogP contribution in [0.15, 0.2) is 60.7 Å². The SMILES string of the molecule is CC(=O)NCCNc1cc(NCCNC(=O)C=Cc2cccc([N+](=O)[O-])c2)nc(-c2ccc(Cl)cc2)n1. The van der Waals surface area contributed by atoms with Gasteiger partial charge in [0.2, 0.25) is 11.8 Å². The number of amides is 2. The molecule has 0 aliphatic rings. The standard InChI is InChI=1S/C25H26ClN7O4/c1-17(34)27-11-12-28-22-16-23(32-25(31-22)19-6-8-20(26)9-7-19)29-13-14-30-24(35)10-5-18-3-2-4-21(15-18)33(36)37/h2-10,15-16H,11-14H2,1H3,(H,27,34)(H,30,35)(H2,28,29,31,32). The molecule has 0 fully saturated rings. The Balaban J connectivity index is 1.58. The largest absolute Gasteiger partial charge is 0.368 e. The monoisotopic (exact) mass is 523 g/mol. The highest BCUT2D eigenvalue weighted by Crippen LogP contribution is 2.22. The van der Waals surface area contributed by atoms with Gasteiger partial charge in [0.1, 0.15) is 11.6 Å². The number of hydrogen-bond acceptors (Lipinski definition) is 8. The number of non-ortho nitro benzene ring substituents is 1. The quantitative estimate of drug-likeness (QED) is 0.122. The molecule has 192 valence electrons. The molecule has 1 aromatic heterocycles. The van der Waals surface area contributed by atoms with Crippen molar-refractivity contribution in [2.45, 2.75) is 6.92 Å². The molecule has 4 N–H and O–H groups in total. The zero-order valence-electron chi connectivity index (χ0n) is 20.0. The number of nitrogens with zero attached hydrogens (tertiary/aromatic N) is 3. The fraction of sp³-hybridized carbons (Fsp3) is 0.200. The normalized spacial score (nSPS) is 10.6. The second kappa shape index (κ2) is 13.5. The second-order valence-corrected chi connectivity index (χ2v) is 8.22. The summed E-state index contributed by atoms with van der Waals surface area (Å²) in [5.41, 5.74) is 1.29. The highest BCUT2D eigenvalue weighted by atomic mass is 35.5. The Bertz CT molecular complexity index is 1280. The Morgan fingerprint density at radius 3 is 2.22 bits per heavy atom. The maximum Gasteiger partial charge on any atom is 0.270 e. The van der Waals surface area contributed by atoms with Crippen LogP contribution < -0.4 is 21.3 Å². The van der Waals surface area contributed by atoms with Crippen LogP contribution in [0.1, 0.15) is 12.5 Å². The average molecular weight is 524 g/mol. The number of aromatic nitrogens is 2. The van der Waals surface area contributed by atoms with E-state index in [9.17, 15) is 19.7 Å². The Kier molecular flexibility index (Phi) is 9.91. The zero-order chi connectivity index (χ0) is 26.6. The molecular formula is C25H26ClN7O4. The van der Waals surface area contributed by atoms with Gasteiger partial charge in [0.25, 0.3) is 5.69 Å². The van der Waals surface area contributed by atoms with E-state index in [2.05, 4.69) is 31.2 Å². The first-order valence-corrected chi connectivity index (χ1v) is 11.8. The summed E-state index contributed by atoms with van der Waals surface area (Å²) < 4.78 is 0. The number of nitro groups is 1. The van der Waals surface area contributed by atoms with Crippen molar-refractivity contribution in [3.8, 4) is 11.4 Å². The van der Waals surface area contributed by atoms with Crippen molar-refractivity contribution in [3.05, 3.63) is 81.4 Å². The van der Waals surface area contributed by atoms with Crippen LogP contribution in [0.4, 0.5) is 17.3 Å². The van der Waals surface area contributed by atoms with Crippen molar-refractivity contribution in [1.29, 1.82) is 0 Å². The number of nitrogens with one attached hydrogen (secondary N) is 4. The predicted octanol–water partition coefficient (Wildman–Crippen LogP) is 3.49. The number of anilines is 2. The average Bonchev–Trinajstić information content (AvgIpc) is 2.88. The Labute approximate surface area is 218 Å². The predicted molar refractivity (Wildman–Crippen MR) is 143 cm³/mol. The summed E-state index contributed by atoms with van der Waals surface area (Å²) in [6.45, 7) is 3.06. The van der Waals surface area contributed by atoms with Gasteiger partial charge in [0.15, 0.2) is 5.82 Å². The first-order chi connectivity index (χ1) is 17.8. The van der Waals surface area contributed by atoms with Crippen LogP contribution in [0.5, 0.6) is 0 Å². The van der Waals surface area contributed by atoms with Crippen molar-refractivity contribution in [2.24, 2.45) is 0 Å². The molecular weight excluding hydrogens is 498 g/mol. The third kappa shape index (κ3) is 9.22. The van der Waals surface area contributed by atoms with Gasteiger partial charge in [-0.3, -0.25) is 19.7 Å². The number of rotatable bonds is 12. The van der Waals surface area contributed by atoms with E-state index in [0.717, 1.165) is 5.56 Å². The number of hydrogen-bond donors (Lipinski definition) is 4. The van der Waals surface area contributed by atoms with Gasteiger partial charge in [-0.15, -0.1) is 0 Å². The maximum atomic E-state index is 12.1. The summed E-state index contributed by atoms with van der Waals surface area (Å²) in [5.74, 6) is 1.14. The van der Waals surface area contributed by atoms with E-state index in [0.29, 0.717) is 54.2 Å². The molecule has 11 nitrogen and oxygen atoms in total. The van der Waals surface area contributed by atoms with Gasteiger partial charge >= 0.3 is 0 Å². The molecule has 0 aliphatic carbocycles. The molecule has 0 unspecified atom stereocenters. The van der Waals surface area contributed by atoms with Crippen LogP contribution in [0.25, 0.3) is 17.5 Å². The second-order valence-electron chi connectivity index (χ2n) is 7.78. The van der Waals surface area contributed by atoms with Crippen LogP contribution >= 0.6 is 11.6 Å². The summed E-state index contributed by atoms with van der Waals surface area (Å²) in [7, 11) is 0. The molecule has 0 saturated heterocycles. The number of benzene rings is 2. The molecule has 0 bridgehead atoms.